The van der Waals surface area contributed by atoms with Crippen molar-refractivity contribution < 1.29 is 13.9 Å². The lowest BCUT2D eigenvalue weighted by Gasteiger charge is -2.23. The molecular weight excluding hydrogens is 328 g/mol. The SMILES string of the molecule is O=C(CCl)N(Cc1cnc(C2CC2)o1)CC1Cc2ccccc2O1. The van der Waals surface area contributed by atoms with E-state index in [1.807, 2.05) is 18.2 Å². The first-order chi connectivity index (χ1) is 11.7. The van der Waals surface area contributed by atoms with Crippen molar-refractivity contribution in [3.05, 3.63) is 47.7 Å². The smallest absolute Gasteiger partial charge is 0.238 e. The number of amides is 1. The highest BCUT2D eigenvalue weighted by Gasteiger charge is 2.30. The maximum atomic E-state index is 12.2. The predicted octanol–water partition coefficient (Wildman–Crippen LogP) is 3.12. The summed E-state index contributed by atoms with van der Waals surface area (Å²) in [5.41, 5.74) is 1.18. The van der Waals surface area contributed by atoms with E-state index in [-0.39, 0.29) is 17.9 Å². The van der Waals surface area contributed by atoms with Gasteiger partial charge in [0.25, 0.3) is 0 Å². The van der Waals surface area contributed by atoms with Gasteiger partial charge in [-0.25, -0.2) is 4.98 Å². The zero-order chi connectivity index (χ0) is 16.5. The lowest BCUT2D eigenvalue weighted by molar-refractivity contribution is -0.130. The van der Waals surface area contributed by atoms with E-state index < -0.39 is 0 Å². The van der Waals surface area contributed by atoms with Crippen molar-refractivity contribution >= 4 is 17.5 Å². The van der Waals surface area contributed by atoms with Gasteiger partial charge in [0.1, 0.15) is 23.5 Å². The van der Waals surface area contributed by atoms with Gasteiger partial charge in [-0.05, 0) is 24.5 Å². The first-order valence-corrected chi connectivity index (χ1v) is 8.79. The average molecular weight is 347 g/mol. The third-order valence-electron chi connectivity index (χ3n) is 4.45. The van der Waals surface area contributed by atoms with Crippen LogP contribution in [-0.4, -0.2) is 34.3 Å². The molecule has 1 saturated carbocycles. The number of fused-ring (bicyclic) bond motifs is 1. The predicted molar refractivity (Wildman–Crippen MR) is 89.2 cm³/mol. The minimum absolute atomic E-state index is 0.0523. The second-order valence-corrected chi connectivity index (χ2v) is 6.67. The van der Waals surface area contributed by atoms with Gasteiger partial charge >= 0.3 is 0 Å². The van der Waals surface area contributed by atoms with Crippen LogP contribution in [0, 0.1) is 0 Å². The van der Waals surface area contributed by atoms with Crippen molar-refractivity contribution in [2.24, 2.45) is 0 Å². The number of alkyl halides is 1. The summed E-state index contributed by atoms with van der Waals surface area (Å²) in [6.07, 6.45) is 4.73. The van der Waals surface area contributed by atoms with Gasteiger partial charge in [0.05, 0.1) is 19.3 Å². The number of nitrogens with zero attached hydrogens (tertiary/aromatic N) is 2. The van der Waals surface area contributed by atoms with Gasteiger partial charge in [0.15, 0.2) is 5.89 Å². The van der Waals surface area contributed by atoms with Gasteiger partial charge in [-0.15, -0.1) is 11.6 Å². The molecule has 4 rings (SSSR count). The van der Waals surface area contributed by atoms with Crippen LogP contribution >= 0.6 is 11.6 Å². The molecule has 2 aromatic rings. The van der Waals surface area contributed by atoms with Crippen molar-refractivity contribution in [1.82, 2.24) is 9.88 Å². The lowest BCUT2D eigenvalue weighted by Crippen LogP contribution is -2.39. The van der Waals surface area contributed by atoms with Crippen LogP contribution in [0.3, 0.4) is 0 Å². The van der Waals surface area contributed by atoms with Gasteiger partial charge in [-0.2, -0.15) is 0 Å². The van der Waals surface area contributed by atoms with Crippen LogP contribution in [0.2, 0.25) is 0 Å². The first kappa shape index (κ1) is 15.5. The molecule has 6 heteroatoms. The standard InChI is InChI=1S/C18H19ClN2O3/c19-8-17(22)21(11-15-9-20-18(24-15)12-5-6-12)10-14-7-13-3-1-2-4-16(13)23-14/h1-4,9,12,14H,5-8,10-11H2. The Morgan fingerprint density at radius 1 is 1.33 bits per heavy atom. The second-order valence-electron chi connectivity index (χ2n) is 6.40. The number of oxazole rings is 1. The minimum Gasteiger partial charge on any atom is -0.488 e. The van der Waals surface area contributed by atoms with E-state index in [9.17, 15) is 4.79 Å². The number of hydrogen-bond acceptors (Lipinski definition) is 4. The fourth-order valence-electron chi connectivity index (χ4n) is 3.04. The molecule has 5 nitrogen and oxygen atoms in total. The molecule has 0 radical (unpaired) electrons. The Kier molecular flexibility index (Phi) is 4.19. The molecule has 1 unspecified atom stereocenters. The summed E-state index contributed by atoms with van der Waals surface area (Å²) in [6, 6.07) is 7.97. The largest absolute Gasteiger partial charge is 0.488 e. The maximum absolute atomic E-state index is 12.2. The number of benzene rings is 1. The molecular formula is C18H19ClN2O3. The number of ether oxygens (including phenoxy) is 1. The summed E-state index contributed by atoms with van der Waals surface area (Å²) in [4.78, 5) is 18.2. The normalized spacial score (nSPS) is 19.0. The number of rotatable bonds is 6. The van der Waals surface area contributed by atoms with Crippen molar-refractivity contribution in [1.29, 1.82) is 0 Å². The Labute approximate surface area is 145 Å². The van der Waals surface area contributed by atoms with Crippen molar-refractivity contribution in [2.45, 2.75) is 37.8 Å². The molecule has 0 spiro atoms. The number of para-hydroxylation sites is 1. The Morgan fingerprint density at radius 3 is 2.92 bits per heavy atom. The van der Waals surface area contributed by atoms with Crippen LogP contribution < -0.4 is 4.74 Å². The Balaban J connectivity index is 1.43. The van der Waals surface area contributed by atoms with E-state index in [4.69, 9.17) is 20.8 Å². The molecule has 1 fully saturated rings. The lowest BCUT2D eigenvalue weighted by atomic mass is 10.1. The van der Waals surface area contributed by atoms with Crippen molar-refractivity contribution in [3.63, 3.8) is 0 Å². The number of carbonyl (C=O) groups excluding carboxylic acids is 1. The molecule has 1 aliphatic carbocycles. The summed E-state index contributed by atoms with van der Waals surface area (Å²) < 4.78 is 11.7. The van der Waals surface area contributed by atoms with E-state index in [2.05, 4.69) is 11.1 Å². The maximum Gasteiger partial charge on any atom is 0.238 e. The summed E-state index contributed by atoms with van der Waals surface area (Å²) in [7, 11) is 0. The van der Waals surface area contributed by atoms with E-state index in [1.54, 1.807) is 11.1 Å². The molecule has 1 atom stereocenters. The summed E-state index contributed by atoms with van der Waals surface area (Å²) in [6.45, 7) is 0.862. The van der Waals surface area contributed by atoms with E-state index in [1.165, 1.54) is 5.56 Å². The highest BCUT2D eigenvalue weighted by Crippen LogP contribution is 2.39. The molecule has 126 valence electrons. The Hall–Kier alpha value is -2.01. The summed E-state index contributed by atoms with van der Waals surface area (Å²) in [5.74, 6) is 2.67. The molecule has 0 bridgehead atoms. The van der Waals surface area contributed by atoms with Gasteiger partial charge < -0.3 is 14.1 Å². The minimum atomic E-state index is -0.124. The zero-order valence-corrected chi connectivity index (χ0v) is 14.0. The summed E-state index contributed by atoms with van der Waals surface area (Å²) >= 11 is 5.77. The van der Waals surface area contributed by atoms with Gasteiger partial charge in [-0.1, -0.05) is 18.2 Å². The van der Waals surface area contributed by atoms with Crippen LogP contribution in [0.1, 0.15) is 36.0 Å². The van der Waals surface area contributed by atoms with E-state index in [0.717, 1.165) is 30.9 Å². The van der Waals surface area contributed by atoms with Gasteiger partial charge in [-0.3, -0.25) is 4.79 Å². The third-order valence-corrected chi connectivity index (χ3v) is 4.68. The van der Waals surface area contributed by atoms with Crippen molar-refractivity contribution in [3.8, 4) is 5.75 Å². The fourth-order valence-corrected chi connectivity index (χ4v) is 3.21. The Bertz CT molecular complexity index is 716. The molecule has 1 aliphatic heterocycles. The van der Waals surface area contributed by atoms with Gasteiger partial charge in [0.2, 0.25) is 5.91 Å². The van der Waals surface area contributed by atoms with Crippen LogP contribution in [0.15, 0.2) is 34.9 Å². The van der Waals surface area contributed by atoms with Crippen molar-refractivity contribution in [2.75, 3.05) is 12.4 Å². The quantitative estimate of drug-likeness (QED) is 0.754. The topological polar surface area (TPSA) is 55.6 Å². The monoisotopic (exact) mass is 346 g/mol. The first-order valence-electron chi connectivity index (χ1n) is 8.26. The summed E-state index contributed by atoms with van der Waals surface area (Å²) in [5, 5.41) is 0. The number of carbonyl (C=O) groups is 1. The molecule has 1 aromatic carbocycles. The molecule has 0 saturated heterocycles. The molecule has 1 aromatic heterocycles. The average Bonchev–Trinajstić information content (AvgIpc) is 3.20. The van der Waals surface area contributed by atoms with Gasteiger partial charge in [0, 0.05) is 12.3 Å². The molecule has 1 amide bonds. The highest BCUT2D eigenvalue weighted by molar-refractivity contribution is 6.27. The Morgan fingerprint density at radius 2 is 2.17 bits per heavy atom. The highest BCUT2D eigenvalue weighted by atomic mass is 35.5. The van der Waals surface area contributed by atoms with E-state index in [0.29, 0.717) is 24.8 Å². The number of halogens is 1. The number of hydrogen-bond donors (Lipinski definition) is 0. The van der Waals surface area contributed by atoms with Crippen LogP contribution in [0.25, 0.3) is 0 Å². The molecule has 2 heterocycles. The number of aromatic nitrogens is 1. The van der Waals surface area contributed by atoms with E-state index >= 15 is 0 Å². The molecule has 2 aliphatic rings. The van der Waals surface area contributed by atoms with Crippen LogP contribution in [0.4, 0.5) is 0 Å². The fraction of sp³-hybridized carbons (Fsp3) is 0.444. The van der Waals surface area contributed by atoms with Crippen LogP contribution in [-0.2, 0) is 17.8 Å². The zero-order valence-electron chi connectivity index (χ0n) is 13.3. The van der Waals surface area contributed by atoms with Crippen LogP contribution in [0.5, 0.6) is 5.75 Å². The molecule has 24 heavy (non-hydrogen) atoms. The molecule has 0 N–H and O–H groups in total. The third kappa shape index (κ3) is 3.26. The second kappa shape index (κ2) is 6.48.